The highest BCUT2D eigenvalue weighted by atomic mass is 35.5. The summed E-state index contributed by atoms with van der Waals surface area (Å²) in [5, 5.41) is 17.4. The Labute approximate surface area is 146 Å². The van der Waals surface area contributed by atoms with Crippen molar-refractivity contribution in [3.05, 3.63) is 33.9 Å². The van der Waals surface area contributed by atoms with Gasteiger partial charge in [-0.2, -0.15) is 0 Å². The molecular formula is C16H23ClN4O3. The molecule has 0 heterocycles. The molecule has 0 aliphatic heterocycles. The Bertz CT molecular complexity index is 621. The third-order valence-corrected chi connectivity index (χ3v) is 4.67. The highest BCUT2D eigenvalue weighted by Crippen LogP contribution is 2.32. The van der Waals surface area contributed by atoms with E-state index < -0.39 is 4.92 Å². The number of nitrogens with one attached hydrogen (secondary N) is 2. The Morgan fingerprint density at radius 3 is 2.67 bits per heavy atom. The third-order valence-electron chi connectivity index (χ3n) is 4.67. The zero-order chi connectivity index (χ0) is 16.4. The van der Waals surface area contributed by atoms with Gasteiger partial charge in [0.25, 0.3) is 11.6 Å². The van der Waals surface area contributed by atoms with Gasteiger partial charge in [0.05, 0.1) is 4.92 Å². The van der Waals surface area contributed by atoms with Crippen molar-refractivity contribution in [1.82, 2.24) is 5.32 Å². The molecule has 2 aliphatic carbocycles. The van der Waals surface area contributed by atoms with Gasteiger partial charge in [0, 0.05) is 23.7 Å². The van der Waals surface area contributed by atoms with E-state index in [1.54, 1.807) is 12.1 Å². The van der Waals surface area contributed by atoms with Gasteiger partial charge in [0.1, 0.15) is 5.69 Å². The van der Waals surface area contributed by atoms with Crippen LogP contribution in [0.4, 0.5) is 11.4 Å². The fourth-order valence-electron chi connectivity index (χ4n) is 3.15. The molecule has 2 atom stereocenters. The zero-order valence-electron chi connectivity index (χ0n) is 13.4. The molecule has 2 unspecified atom stereocenters. The van der Waals surface area contributed by atoms with Crippen LogP contribution < -0.4 is 16.4 Å². The maximum Gasteiger partial charge on any atom is 0.293 e. The summed E-state index contributed by atoms with van der Waals surface area (Å²) < 4.78 is 0. The normalized spacial score (nSPS) is 22.5. The predicted molar refractivity (Wildman–Crippen MR) is 94.6 cm³/mol. The Balaban J connectivity index is 0.00000208. The summed E-state index contributed by atoms with van der Waals surface area (Å²) in [4.78, 5) is 23.2. The minimum atomic E-state index is -0.445. The summed E-state index contributed by atoms with van der Waals surface area (Å²) in [5.41, 5.74) is 6.48. The number of hydrogen-bond acceptors (Lipinski definition) is 5. The van der Waals surface area contributed by atoms with Gasteiger partial charge >= 0.3 is 0 Å². The van der Waals surface area contributed by atoms with Crippen LogP contribution in [0.2, 0.25) is 0 Å². The van der Waals surface area contributed by atoms with Crippen molar-refractivity contribution in [2.45, 2.75) is 44.2 Å². The quantitative estimate of drug-likeness (QED) is 0.536. The molecule has 0 bridgehead atoms. The molecule has 24 heavy (non-hydrogen) atoms. The first kappa shape index (κ1) is 18.5. The fraction of sp³-hybridized carbons (Fsp3) is 0.562. The number of nitro benzene ring substituents is 1. The number of carbonyl (C=O) groups is 1. The van der Waals surface area contributed by atoms with Crippen LogP contribution in [0.1, 0.15) is 42.5 Å². The SMILES string of the molecule is Cl.NCC1CCCC1NC(=O)c1ccc(NC2CC2)c([N+](=O)[O-])c1. The van der Waals surface area contributed by atoms with Crippen molar-refractivity contribution >= 4 is 29.7 Å². The van der Waals surface area contributed by atoms with Crippen molar-refractivity contribution in [3.8, 4) is 0 Å². The molecule has 3 rings (SSSR count). The van der Waals surface area contributed by atoms with Crippen LogP contribution in [-0.4, -0.2) is 29.5 Å². The average Bonchev–Trinajstić information content (AvgIpc) is 3.24. The molecule has 132 valence electrons. The molecule has 7 nitrogen and oxygen atoms in total. The molecule has 0 radical (unpaired) electrons. The van der Waals surface area contributed by atoms with E-state index >= 15 is 0 Å². The van der Waals surface area contributed by atoms with Gasteiger partial charge in [-0.1, -0.05) is 6.42 Å². The van der Waals surface area contributed by atoms with Gasteiger partial charge in [-0.25, -0.2) is 0 Å². The third kappa shape index (κ3) is 4.15. The van der Waals surface area contributed by atoms with Gasteiger partial charge in [-0.3, -0.25) is 14.9 Å². The minimum absolute atomic E-state index is 0. The monoisotopic (exact) mass is 354 g/mol. The Morgan fingerprint density at radius 2 is 2.04 bits per heavy atom. The molecule has 4 N–H and O–H groups in total. The number of benzene rings is 1. The minimum Gasteiger partial charge on any atom is -0.377 e. The largest absolute Gasteiger partial charge is 0.377 e. The molecule has 0 saturated heterocycles. The lowest BCUT2D eigenvalue weighted by atomic mass is 10.0. The van der Waals surface area contributed by atoms with Crippen LogP contribution in [0.25, 0.3) is 0 Å². The summed E-state index contributed by atoms with van der Waals surface area (Å²) >= 11 is 0. The Morgan fingerprint density at radius 1 is 1.29 bits per heavy atom. The maximum absolute atomic E-state index is 12.4. The van der Waals surface area contributed by atoms with E-state index in [1.807, 2.05) is 0 Å². The Kier molecular flexibility index (Phi) is 6.01. The second-order valence-corrected chi connectivity index (χ2v) is 6.41. The van der Waals surface area contributed by atoms with Crippen LogP contribution >= 0.6 is 12.4 Å². The first-order valence-electron chi connectivity index (χ1n) is 8.14. The predicted octanol–water partition coefficient (Wildman–Crippen LogP) is 2.45. The second kappa shape index (κ2) is 7.81. The van der Waals surface area contributed by atoms with Crippen molar-refractivity contribution in [2.75, 3.05) is 11.9 Å². The Hall–Kier alpha value is -1.86. The van der Waals surface area contributed by atoms with Crippen LogP contribution in [-0.2, 0) is 0 Å². The number of amides is 1. The van der Waals surface area contributed by atoms with E-state index in [2.05, 4.69) is 10.6 Å². The summed E-state index contributed by atoms with van der Waals surface area (Å²) in [6, 6.07) is 5.00. The number of rotatable bonds is 6. The molecule has 2 saturated carbocycles. The van der Waals surface area contributed by atoms with E-state index in [-0.39, 0.29) is 30.0 Å². The van der Waals surface area contributed by atoms with E-state index in [4.69, 9.17) is 5.73 Å². The average molecular weight is 355 g/mol. The number of hydrogen-bond donors (Lipinski definition) is 3. The van der Waals surface area contributed by atoms with Crippen LogP contribution in [0.15, 0.2) is 18.2 Å². The lowest BCUT2D eigenvalue weighted by Crippen LogP contribution is -2.39. The molecule has 1 aromatic carbocycles. The topological polar surface area (TPSA) is 110 Å². The molecule has 8 heteroatoms. The molecule has 1 amide bonds. The van der Waals surface area contributed by atoms with Crippen LogP contribution in [0, 0.1) is 16.0 Å². The first-order chi connectivity index (χ1) is 11.1. The van der Waals surface area contributed by atoms with Gasteiger partial charge in [-0.05, 0) is 50.3 Å². The highest BCUT2D eigenvalue weighted by molar-refractivity contribution is 5.96. The van der Waals surface area contributed by atoms with Crippen molar-refractivity contribution < 1.29 is 9.72 Å². The second-order valence-electron chi connectivity index (χ2n) is 6.41. The molecular weight excluding hydrogens is 332 g/mol. The maximum atomic E-state index is 12.4. The van der Waals surface area contributed by atoms with Gasteiger partial charge in [0.2, 0.25) is 0 Å². The van der Waals surface area contributed by atoms with Crippen molar-refractivity contribution in [1.29, 1.82) is 0 Å². The van der Waals surface area contributed by atoms with Gasteiger partial charge < -0.3 is 16.4 Å². The van der Waals surface area contributed by atoms with Crippen LogP contribution in [0.3, 0.4) is 0 Å². The lowest BCUT2D eigenvalue weighted by molar-refractivity contribution is -0.384. The summed E-state index contributed by atoms with van der Waals surface area (Å²) in [6.07, 6.45) is 5.04. The number of carbonyl (C=O) groups excluding carboxylic acids is 1. The summed E-state index contributed by atoms with van der Waals surface area (Å²) in [5.74, 6) is 0.0289. The highest BCUT2D eigenvalue weighted by Gasteiger charge is 2.29. The smallest absolute Gasteiger partial charge is 0.293 e. The molecule has 1 aromatic rings. The summed E-state index contributed by atoms with van der Waals surface area (Å²) in [7, 11) is 0. The lowest BCUT2D eigenvalue weighted by Gasteiger charge is -2.19. The van der Waals surface area contributed by atoms with E-state index in [9.17, 15) is 14.9 Å². The van der Waals surface area contributed by atoms with Crippen molar-refractivity contribution in [3.63, 3.8) is 0 Å². The zero-order valence-corrected chi connectivity index (χ0v) is 14.2. The molecule has 2 fully saturated rings. The molecule has 2 aliphatic rings. The van der Waals surface area contributed by atoms with E-state index in [0.29, 0.717) is 29.8 Å². The van der Waals surface area contributed by atoms with E-state index in [1.165, 1.54) is 6.07 Å². The van der Waals surface area contributed by atoms with Crippen LogP contribution in [0.5, 0.6) is 0 Å². The van der Waals surface area contributed by atoms with E-state index in [0.717, 1.165) is 32.1 Å². The standard InChI is InChI=1S/C16H22N4O3.ClH/c17-9-11-2-1-3-13(11)19-16(21)10-4-7-14(18-12-5-6-12)15(8-10)20(22)23;/h4,7-8,11-13,18H,1-3,5-6,9,17H2,(H,19,21);1H. The number of halogens is 1. The number of nitro groups is 1. The molecule has 0 spiro atoms. The summed E-state index contributed by atoms with van der Waals surface area (Å²) in [6.45, 7) is 0.551. The van der Waals surface area contributed by atoms with Gasteiger partial charge in [0.15, 0.2) is 0 Å². The molecule has 0 aromatic heterocycles. The first-order valence-corrected chi connectivity index (χ1v) is 8.14. The fourth-order valence-corrected chi connectivity index (χ4v) is 3.15. The number of nitrogens with two attached hydrogens (primary N) is 1. The van der Waals surface area contributed by atoms with Crippen molar-refractivity contribution in [2.24, 2.45) is 11.7 Å². The number of anilines is 1. The van der Waals surface area contributed by atoms with Gasteiger partial charge in [-0.15, -0.1) is 12.4 Å². The number of nitrogens with zero attached hydrogens (tertiary/aromatic N) is 1.